The van der Waals surface area contributed by atoms with Crippen LogP contribution in [-0.2, 0) is 6.54 Å². The van der Waals surface area contributed by atoms with E-state index in [1.54, 1.807) is 0 Å². The van der Waals surface area contributed by atoms with Gasteiger partial charge in [-0.25, -0.2) is 0 Å². The van der Waals surface area contributed by atoms with E-state index < -0.39 is 0 Å². The number of nitrogens with two attached hydrogens (primary N) is 1. The van der Waals surface area contributed by atoms with E-state index in [1.165, 1.54) is 0 Å². The number of rotatable bonds is 5. The van der Waals surface area contributed by atoms with Crippen molar-refractivity contribution < 1.29 is 4.74 Å². The van der Waals surface area contributed by atoms with Gasteiger partial charge in [0.05, 0.1) is 6.10 Å². The van der Waals surface area contributed by atoms with E-state index in [9.17, 15) is 0 Å². The molecular weight excluding hydrogens is 222 g/mol. The molecule has 1 unspecified atom stereocenters. The summed E-state index contributed by atoms with van der Waals surface area (Å²) in [6.07, 6.45) is 1.23. The Morgan fingerprint density at radius 2 is 2.00 bits per heavy atom. The molecule has 16 heavy (non-hydrogen) atoms. The Morgan fingerprint density at radius 3 is 2.56 bits per heavy atom. The molecule has 90 valence electrons. The molecule has 2 nitrogen and oxygen atoms in total. The summed E-state index contributed by atoms with van der Waals surface area (Å²) in [6, 6.07) is 5.58. The minimum Gasteiger partial charge on any atom is -0.490 e. The Balaban J connectivity index is 2.72. The standard InChI is InChI=1S/C13H20ClNO/c1-9(2)6-10(3)16-13-5-4-12(14)7-11(13)8-15/h4-5,7,9-10H,6,8,15H2,1-3H3. The summed E-state index contributed by atoms with van der Waals surface area (Å²) in [5, 5.41) is 0.698. The third kappa shape index (κ3) is 4.03. The lowest BCUT2D eigenvalue weighted by atomic mass is 10.1. The van der Waals surface area contributed by atoms with E-state index in [-0.39, 0.29) is 6.10 Å². The zero-order valence-corrected chi connectivity index (χ0v) is 10.9. The molecule has 0 saturated carbocycles. The molecule has 0 aliphatic carbocycles. The molecule has 0 fully saturated rings. The molecule has 1 atom stereocenters. The monoisotopic (exact) mass is 241 g/mol. The van der Waals surface area contributed by atoms with Crippen molar-refractivity contribution >= 4 is 11.6 Å². The van der Waals surface area contributed by atoms with E-state index in [0.29, 0.717) is 17.5 Å². The van der Waals surface area contributed by atoms with Crippen LogP contribution in [0.1, 0.15) is 32.8 Å². The summed E-state index contributed by atoms with van der Waals surface area (Å²) in [5.41, 5.74) is 6.62. The second kappa shape index (κ2) is 6.12. The minimum atomic E-state index is 0.200. The second-order valence-electron chi connectivity index (χ2n) is 4.51. The van der Waals surface area contributed by atoms with Crippen molar-refractivity contribution in [1.29, 1.82) is 0 Å². The van der Waals surface area contributed by atoms with Crippen molar-refractivity contribution in [2.24, 2.45) is 11.7 Å². The summed E-state index contributed by atoms with van der Waals surface area (Å²) in [4.78, 5) is 0. The first-order valence-electron chi connectivity index (χ1n) is 5.68. The molecule has 2 N–H and O–H groups in total. The van der Waals surface area contributed by atoms with Gasteiger partial charge in [-0.15, -0.1) is 0 Å². The molecule has 0 aromatic heterocycles. The van der Waals surface area contributed by atoms with Crippen LogP contribution in [0.2, 0.25) is 5.02 Å². The van der Waals surface area contributed by atoms with Gasteiger partial charge in [0, 0.05) is 17.1 Å². The molecule has 0 radical (unpaired) electrons. The zero-order chi connectivity index (χ0) is 12.1. The molecule has 1 rings (SSSR count). The highest BCUT2D eigenvalue weighted by molar-refractivity contribution is 6.30. The molecule has 0 spiro atoms. The minimum absolute atomic E-state index is 0.200. The van der Waals surface area contributed by atoms with Crippen molar-refractivity contribution in [1.82, 2.24) is 0 Å². The van der Waals surface area contributed by atoms with Crippen LogP contribution < -0.4 is 10.5 Å². The van der Waals surface area contributed by atoms with Crippen LogP contribution in [0.25, 0.3) is 0 Å². The number of ether oxygens (including phenoxy) is 1. The SMILES string of the molecule is CC(C)CC(C)Oc1ccc(Cl)cc1CN. The Labute approximate surface area is 103 Å². The van der Waals surface area contributed by atoms with Crippen LogP contribution in [0, 0.1) is 5.92 Å². The van der Waals surface area contributed by atoms with Gasteiger partial charge < -0.3 is 10.5 Å². The van der Waals surface area contributed by atoms with Gasteiger partial charge >= 0.3 is 0 Å². The van der Waals surface area contributed by atoms with Gasteiger partial charge in [-0.1, -0.05) is 25.4 Å². The Hall–Kier alpha value is -0.730. The van der Waals surface area contributed by atoms with Gasteiger partial charge in [0.1, 0.15) is 5.75 Å². The van der Waals surface area contributed by atoms with Crippen molar-refractivity contribution in [2.45, 2.75) is 39.8 Å². The van der Waals surface area contributed by atoms with Gasteiger partial charge in [-0.2, -0.15) is 0 Å². The lowest BCUT2D eigenvalue weighted by molar-refractivity contribution is 0.191. The van der Waals surface area contributed by atoms with Gasteiger partial charge in [-0.05, 0) is 37.5 Å². The van der Waals surface area contributed by atoms with Crippen LogP contribution in [0.5, 0.6) is 5.75 Å². The second-order valence-corrected chi connectivity index (χ2v) is 4.95. The maximum Gasteiger partial charge on any atom is 0.124 e. The topological polar surface area (TPSA) is 35.2 Å². The number of hydrogen-bond donors (Lipinski definition) is 1. The highest BCUT2D eigenvalue weighted by Crippen LogP contribution is 2.24. The molecule has 0 aliphatic rings. The van der Waals surface area contributed by atoms with E-state index >= 15 is 0 Å². The molecule has 0 saturated heterocycles. The first-order valence-corrected chi connectivity index (χ1v) is 6.06. The van der Waals surface area contributed by atoms with E-state index in [0.717, 1.165) is 17.7 Å². The molecular formula is C13H20ClNO. The van der Waals surface area contributed by atoms with Crippen LogP contribution in [0.15, 0.2) is 18.2 Å². The molecule has 1 aromatic rings. The van der Waals surface area contributed by atoms with Crippen molar-refractivity contribution in [3.63, 3.8) is 0 Å². The van der Waals surface area contributed by atoms with Crippen molar-refractivity contribution in [2.75, 3.05) is 0 Å². The molecule has 3 heteroatoms. The molecule has 0 aliphatic heterocycles. The highest BCUT2D eigenvalue weighted by Gasteiger charge is 2.09. The third-order valence-corrected chi connectivity index (χ3v) is 2.61. The summed E-state index contributed by atoms with van der Waals surface area (Å²) in [7, 11) is 0. The number of hydrogen-bond acceptors (Lipinski definition) is 2. The van der Waals surface area contributed by atoms with Crippen LogP contribution in [-0.4, -0.2) is 6.10 Å². The van der Waals surface area contributed by atoms with Crippen LogP contribution in [0.3, 0.4) is 0 Å². The summed E-state index contributed by atoms with van der Waals surface area (Å²) in [6.45, 7) is 6.90. The fourth-order valence-electron chi connectivity index (χ4n) is 1.75. The van der Waals surface area contributed by atoms with E-state index in [1.807, 2.05) is 18.2 Å². The average molecular weight is 242 g/mol. The quantitative estimate of drug-likeness (QED) is 0.855. The van der Waals surface area contributed by atoms with Crippen molar-refractivity contribution in [3.8, 4) is 5.75 Å². The van der Waals surface area contributed by atoms with Crippen LogP contribution in [0.4, 0.5) is 0 Å². The maximum atomic E-state index is 5.91. The summed E-state index contributed by atoms with van der Waals surface area (Å²) < 4.78 is 5.86. The highest BCUT2D eigenvalue weighted by atomic mass is 35.5. The predicted molar refractivity (Wildman–Crippen MR) is 68.9 cm³/mol. The van der Waals surface area contributed by atoms with Gasteiger partial charge in [0.25, 0.3) is 0 Å². The molecule has 1 aromatic carbocycles. The Kier molecular flexibility index (Phi) is 5.10. The average Bonchev–Trinajstić information content (AvgIpc) is 2.19. The summed E-state index contributed by atoms with van der Waals surface area (Å²) >= 11 is 5.91. The number of halogens is 1. The van der Waals surface area contributed by atoms with Crippen LogP contribution >= 0.6 is 11.6 Å². The Morgan fingerprint density at radius 1 is 1.31 bits per heavy atom. The third-order valence-electron chi connectivity index (χ3n) is 2.37. The number of benzene rings is 1. The molecule has 0 bridgehead atoms. The predicted octanol–water partition coefficient (Wildman–Crippen LogP) is 3.61. The Bertz CT molecular complexity index is 339. The fraction of sp³-hybridized carbons (Fsp3) is 0.538. The van der Waals surface area contributed by atoms with Gasteiger partial charge in [0.2, 0.25) is 0 Å². The fourth-order valence-corrected chi connectivity index (χ4v) is 1.95. The van der Waals surface area contributed by atoms with E-state index in [4.69, 9.17) is 22.1 Å². The zero-order valence-electron chi connectivity index (χ0n) is 10.2. The largest absolute Gasteiger partial charge is 0.490 e. The lowest BCUT2D eigenvalue weighted by Gasteiger charge is -2.18. The maximum absolute atomic E-state index is 5.91. The van der Waals surface area contributed by atoms with Crippen molar-refractivity contribution in [3.05, 3.63) is 28.8 Å². The van der Waals surface area contributed by atoms with Gasteiger partial charge in [0.15, 0.2) is 0 Å². The van der Waals surface area contributed by atoms with Gasteiger partial charge in [-0.3, -0.25) is 0 Å². The van der Waals surface area contributed by atoms with E-state index in [2.05, 4.69) is 20.8 Å². The summed E-state index contributed by atoms with van der Waals surface area (Å²) in [5.74, 6) is 1.48. The molecule has 0 amide bonds. The smallest absolute Gasteiger partial charge is 0.124 e. The first kappa shape index (κ1) is 13.3. The molecule has 0 heterocycles. The normalized spacial score (nSPS) is 12.9. The lowest BCUT2D eigenvalue weighted by Crippen LogP contribution is -2.16. The first-order chi connectivity index (χ1) is 7.52.